The fraction of sp³-hybridized carbons (Fsp3) is 0.659. The van der Waals surface area contributed by atoms with Crippen LogP contribution in [0.4, 0.5) is 0 Å². The Balaban J connectivity index is 4.07. The number of carbonyl (C=O) groups is 1. The Bertz CT molecular complexity index is 1140. The number of carbonyl (C=O) groups excluding carboxylic acids is 1. The highest BCUT2D eigenvalue weighted by Gasteiger charge is 2.27. The summed E-state index contributed by atoms with van der Waals surface area (Å²) in [5.41, 5.74) is 0. The van der Waals surface area contributed by atoms with Crippen molar-refractivity contribution in [3.63, 3.8) is 0 Å². The van der Waals surface area contributed by atoms with Gasteiger partial charge in [-0.3, -0.25) is 13.8 Å². The Morgan fingerprint density at radius 2 is 1.13 bits per heavy atom. The monoisotopic (exact) mass is 762 g/mol. The molecule has 8 nitrogen and oxygen atoms in total. The van der Waals surface area contributed by atoms with E-state index in [4.69, 9.17) is 9.05 Å². The van der Waals surface area contributed by atoms with Crippen molar-refractivity contribution in [2.75, 3.05) is 40.9 Å². The van der Waals surface area contributed by atoms with Crippen molar-refractivity contribution in [2.24, 2.45) is 0 Å². The minimum absolute atomic E-state index is 0.0537. The normalized spacial score (nSPS) is 15.4. The predicted octanol–water partition coefficient (Wildman–Crippen LogP) is 11.0. The van der Waals surface area contributed by atoms with Gasteiger partial charge in [0, 0.05) is 6.42 Å². The zero-order valence-electron chi connectivity index (χ0n) is 34.2. The van der Waals surface area contributed by atoms with Gasteiger partial charge in [-0.1, -0.05) is 150 Å². The zero-order chi connectivity index (χ0) is 39.3. The van der Waals surface area contributed by atoms with Crippen LogP contribution >= 0.6 is 7.82 Å². The molecule has 0 saturated heterocycles. The van der Waals surface area contributed by atoms with E-state index in [2.05, 4.69) is 92.1 Å². The molecule has 0 bridgehead atoms. The number of nitrogens with one attached hydrogen (secondary N) is 1. The van der Waals surface area contributed by atoms with E-state index in [1.807, 2.05) is 27.2 Å². The third-order valence-electron chi connectivity index (χ3n) is 8.37. The minimum Gasteiger partial charge on any atom is -0.387 e. The molecule has 0 aromatic carbocycles. The summed E-state index contributed by atoms with van der Waals surface area (Å²) in [6.07, 6.45) is 48.6. The SMILES string of the molecule is CC/C=C\C/C=C\C/C=C\C/C=C\C/C=C\C/C=C\CCCCCCCCCCC(=O)NC(COP(=O)(O)OCC[N+](C)(C)C)C(O)/C=C/CCCC. The number of aliphatic hydroxyl groups is 1. The van der Waals surface area contributed by atoms with Gasteiger partial charge in [0.25, 0.3) is 0 Å². The summed E-state index contributed by atoms with van der Waals surface area (Å²) in [6, 6.07) is -0.851. The molecular formula is C44H78N2O6P+. The van der Waals surface area contributed by atoms with Gasteiger partial charge < -0.3 is 19.8 Å². The Kier molecular flexibility index (Phi) is 33.8. The highest BCUT2D eigenvalue weighted by Crippen LogP contribution is 2.43. The Morgan fingerprint density at radius 1 is 0.660 bits per heavy atom. The van der Waals surface area contributed by atoms with Gasteiger partial charge in [0.05, 0.1) is 39.9 Å². The van der Waals surface area contributed by atoms with Crippen LogP contribution in [-0.2, 0) is 18.4 Å². The van der Waals surface area contributed by atoms with Gasteiger partial charge in [0.2, 0.25) is 5.91 Å². The number of rotatable bonds is 35. The average Bonchev–Trinajstić information content (AvgIpc) is 3.10. The molecule has 0 fully saturated rings. The van der Waals surface area contributed by atoms with E-state index < -0.39 is 20.0 Å². The van der Waals surface area contributed by atoms with E-state index in [0.29, 0.717) is 17.4 Å². The number of nitrogens with zero attached hydrogens (tertiary/aromatic N) is 1. The summed E-state index contributed by atoms with van der Waals surface area (Å²) in [4.78, 5) is 22.8. The maximum Gasteiger partial charge on any atom is 0.472 e. The summed E-state index contributed by atoms with van der Waals surface area (Å²) >= 11 is 0. The van der Waals surface area contributed by atoms with Crippen molar-refractivity contribution in [3.8, 4) is 0 Å². The second kappa shape index (κ2) is 35.4. The van der Waals surface area contributed by atoms with Crippen LogP contribution < -0.4 is 5.32 Å². The van der Waals surface area contributed by atoms with Crippen molar-refractivity contribution in [1.29, 1.82) is 0 Å². The van der Waals surface area contributed by atoms with Crippen molar-refractivity contribution in [2.45, 2.75) is 148 Å². The van der Waals surface area contributed by atoms with Gasteiger partial charge in [0.1, 0.15) is 13.2 Å². The maximum absolute atomic E-state index is 12.7. The van der Waals surface area contributed by atoms with E-state index in [0.717, 1.165) is 83.5 Å². The summed E-state index contributed by atoms with van der Waals surface area (Å²) in [5, 5.41) is 13.5. The van der Waals surface area contributed by atoms with Crippen LogP contribution in [0, 0.1) is 0 Å². The number of phosphoric ester groups is 1. The molecule has 53 heavy (non-hydrogen) atoms. The fourth-order valence-corrected chi connectivity index (χ4v) is 5.82. The van der Waals surface area contributed by atoms with E-state index in [-0.39, 0.29) is 19.1 Å². The number of unbranched alkanes of at least 4 members (excludes halogenated alkanes) is 10. The van der Waals surface area contributed by atoms with Gasteiger partial charge in [-0.05, 0) is 64.2 Å². The molecule has 0 radical (unpaired) electrons. The molecule has 0 rings (SSSR count). The molecule has 1 amide bonds. The van der Waals surface area contributed by atoms with Crippen LogP contribution in [0.2, 0.25) is 0 Å². The first-order valence-corrected chi connectivity index (χ1v) is 22.0. The van der Waals surface area contributed by atoms with E-state index in [1.165, 1.54) is 32.1 Å². The molecule has 304 valence electrons. The van der Waals surface area contributed by atoms with E-state index >= 15 is 0 Å². The molecule has 0 aromatic rings. The van der Waals surface area contributed by atoms with Crippen LogP contribution in [0.3, 0.4) is 0 Å². The standard InChI is InChI=1S/C44H77N2O6P/c1-6-8-10-12-13-14-15-16-17-18-19-20-21-22-23-24-25-26-27-28-29-30-31-32-33-34-36-38-44(48)45-42(43(47)37-35-11-9-7-2)41-52-53(49,50)51-40-39-46(3,4)5/h8,10,13-14,16-17,19-20,22-23,25-26,35,37,42-43,47H,6-7,9,11-12,15,18,21,24,27-34,36,38-41H2,1-5H3,(H-,45,48,49,50)/p+1/b10-8-,14-13-,17-16-,20-19-,23-22-,26-25-,37-35+. The number of amides is 1. The number of likely N-dealkylation sites (N-methyl/N-ethyl adjacent to an activating group) is 1. The summed E-state index contributed by atoms with van der Waals surface area (Å²) in [7, 11) is 1.54. The van der Waals surface area contributed by atoms with Gasteiger partial charge in [-0.25, -0.2) is 4.57 Å². The number of hydrogen-bond donors (Lipinski definition) is 3. The second-order valence-corrected chi connectivity index (χ2v) is 16.1. The largest absolute Gasteiger partial charge is 0.472 e. The lowest BCUT2D eigenvalue weighted by Crippen LogP contribution is -2.45. The zero-order valence-corrected chi connectivity index (χ0v) is 35.1. The summed E-state index contributed by atoms with van der Waals surface area (Å²) < 4.78 is 23.2. The fourth-order valence-electron chi connectivity index (χ4n) is 5.09. The van der Waals surface area contributed by atoms with E-state index in [9.17, 15) is 19.4 Å². The number of phosphoric acid groups is 1. The highest BCUT2D eigenvalue weighted by atomic mass is 31.2. The lowest BCUT2D eigenvalue weighted by molar-refractivity contribution is -0.870. The third-order valence-corrected chi connectivity index (χ3v) is 9.36. The molecule has 0 heterocycles. The first-order chi connectivity index (χ1) is 25.5. The third kappa shape index (κ3) is 37.8. The summed E-state index contributed by atoms with van der Waals surface area (Å²) in [5.74, 6) is -0.201. The molecule has 3 N–H and O–H groups in total. The maximum atomic E-state index is 12.7. The Hall–Kier alpha value is -2.32. The highest BCUT2D eigenvalue weighted by molar-refractivity contribution is 7.47. The lowest BCUT2D eigenvalue weighted by atomic mass is 10.1. The topological polar surface area (TPSA) is 105 Å². The molecule has 0 aliphatic rings. The lowest BCUT2D eigenvalue weighted by Gasteiger charge is -2.25. The van der Waals surface area contributed by atoms with Gasteiger partial charge in [-0.15, -0.1) is 0 Å². The van der Waals surface area contributed by atoms with Gasteiger partial charge >= 0.3 is 7.82 Å². The average molecular weight is 762 g/mol. The van der Waals surface area contributed by atoms with Crippen LogP contribution in [0.15, 0.2) is 85.1 Å². The molecule has 9 heteroatoms. The summed E-state index contributed by atoms with van der Waals surface area (Å²) in [6.45, 7) is 4.50. The Labute approximate surface area is 325 Å². The molecule has 0 aliphatic heterocycles. The predicted molar refractivity (Wildman–Crippen MR) is 226 cm³/mol. The number of hydrogen-bond acceptors (Lipinski definition) is 5. The molecule has 0 saturated carbocycles. The van der Waals surface area contributed by atoms with Crippen LogP contribution in [0.1, 0.15) is 136 Å². The van der Waals surface area contributed by atoms with E-state index in [1.54, 1.807) is 6.08 Å². The quantitative estimate of drug-likeness (QED) is 0.0257. The van der Waals surface area contributed by atoms with Crippen molar-refractivity contribution < 1.29 is 32.9 Å². The van der Waals surface area contributed by atoms with Crippen LogP contribution in [0.25, 0.3) is 0 Å². The molecule has 0 aromatic heterocycles. The molecule has 0 spiro atoms. The smallest absolute Gasteiger partial charge is 0.387 e. The second-order valence-electron chi connectivity index (χ2n) is 14.6. The number of aliphatic hydroxyl groups excluding tert-OH is 1. The van der Waals surface area contributed by atoms with Crippen molar-refractivity contribution >= 4 is 13.7 Å². The van der Waals surface area contributed by atoms with Gasteiger partial charge in [0.15, 0.2) is 0 Å². The number of quaternary nitrogens is 1. The van der Waals surface area contributed by atoms with Crippen molar-refractivity contribution in [1.82, 2.24) is 5.32 Å². The minimum atomic E-state index is -4.32. The van der Waals surface area contributed by atoms with Crippen molar-refractivity contribution in [3.05, 3.63) is 85.1 Å². The van der Waals surface area contributed by atoms with Crippen LogP contribution in [-0.4, -0.2) is 73.4 Å². The molecular weight excluding hydrogens is 683 g/mol. The number of allylic oxidation sites excluding steroid dienone is 13. The van der Waals surface area contributed by atoms with Gasteiger partial charge in [-0.2, -0.15) is 0 Å². The first-order valence-electron chi connectivity index (χ1n) is 20.5. The first kappa shape index (κ1) is 50.7. The van der Waals surface area contributed by atoms with Crippen LogP contribution in [0.5, 0.6) is 0 Å². The Morgan fingerprint density at radius 3 is 1.64 bits per heavy atom. The molecule has 0 aliphatic carbocycles. The molecule has 3 unspecified atom stereocenters. The molecule has 3 atom stereocenters.